The lowest BCUT2D eigenvalue weighted by molar-refractivity contribution is -0.136. The largest absolute Gasteiger partial charge is 0.418 e. The SMILES string of the molecule is CC(C)(C)c1ccc(Nc2ccccc2C(F)(F)F)nc1. The summed E-state index contributed by atoms with van der Waals surface area (Å²) in [5.41, 5.74) is 0.278. The third-order valence-corrected chi connectivity index (χ3v) is 3.12. The van der Waals surface area contributed by atoms with Gasteiger partial charge in [-0.25, -0.2) is 4.98 Å². The van der Waals surface area contributed by atoms with Crippen molar-refractivity contribution in [3.63, 3.8) is 0 Å². The Morgan fingerprint density at radius 2 is 1.62 bits per heavy atom. The smallest absolute Gasteiger partial charge is 0.340 e. The number of nitrogens with zero attached hydrogens (tertiary/aromatic N) is 1. The minimum atomic E-state index is -4.39. The van der Waals surface area contributed by atoms with Crippen LogP contribution in [0.3, 0.4) is 0 Å². The molecule has 1 aromatic carbocycles. The van der Waals surface area contributed by atoms with Crippen molar-refractivity contribution in [1.82, 2.24) is 4.98 Å². The standard InChI is InChI=1S/C16H17F3N2/c1-15(2,3)11-8-9-14(20-10-11)21-13-7-5-4-6-12(13)16(17,18)19/h4-10H,1-3H3,(H,20,21). The number of aromatic nitrogens is 1. The average molecular weight is 294 g/mol. The number of halogens is 3. The normalized spacial score (nSPS) is 12.3. The first kappa shape index (κ1) is 15.4. The van der Waals surface area contributed by atoms with Gasteiger partial charge in [-0.1, -0.05) is 39.0 Å². The van der Waals surface area contributed by atoms with Gasteiger partial charge in [0.05, 0.1) is 11.3 Å². The summed E-state index contributed by atoms with van der Waals surface area (Å²) in [6.07, 6.45) is -2.71. The third-order valence-electron chi connectivity index (χ3n) is 3.12. The molecule has 1 aromatic heterocycles. The molecule has 0 aliphatic heterocycles. The van der Waals surface area contributed by atoms with Crippen LogP contribution in [-0.4, -0.2) is 4.98 Å². The number of hydrogen-bond acceptors (Lipinski definition) is 2. The zero-order chi connectivity index (χ0) is 15.7. The first-order valence-electron chi connectivity index (χ1n) is 6.58. The summed E-state index contributed by atoms with van der Waals surface area (Å²) in [4.78, 5) is 4.19. The van der Waals surface area contributed by atoms with Crippen molar-refractivity contribution in [2.45, 2.75) is 32.4 Å². The molecule has 2 rings (SSSR count). The van der Waals surface area contributed by atoms with E-state index < -0.39 is 11.7 Å². The number of pyridine rings is 1. The van der Waals surface area contributed by atoms with Crippen LogP contribution in [0.4, 0.5) is 24.7 Å². The van der Waals surface area contributed by atoms with E-state index in [0.717, 1.165) is 11.6 Å². The van der Waals surface area contributed by atoms with E-state index in [1.54, 1.807) is 18.3 Å². The molecule has 21 heavy (non-hydrogen) atoms. The highest BCUT2D eigenvalue weighted by molar-refractivity contribution is 5.61. The minimum absolute atomic E-state index is 0.000934. The maximum Gasteiger partial charge on any atom is 0.418 e. The molecule has 1 N–H and O–H groups in total. The summed E-state index contributed by atoms with van der Waals surface area (Å²) in [5.74, 6) is 0.389. The van der Waals surface area contributed by atoms with E-state index in [1.807, 2.05) is 6.07 Å². The molecule has 2 nitrogen and oxygen atoms in total. The Bertz CT molecular complexity index is 611. The van der Waals surface area contributed by atoms with Gasteiger partial charge in [-0.2, -0.15) is 13.2 Å². The summed E-state index contributed by atoms with van der Waals surface area (Å²) >= 11 is 0. The molecule has 2 aromatic rings. The lowest BCUT2D eigenvalue weighted by Gasteiger charge is -2.19. The Balaban J connectivity index is 2.27. The number of anilines is 2. The second-order valence-corrected chi connectivity index (χ2v) is 5.85. The van der Waals surface area contributed by atoms with Crippen LogP contribution in [0.2, 0.25) is 0 Å². The van der Waals surface area contributed by atoms with Gasteiger partial charge in [0.25, 0.3) is 0 Å². The van der Waals surface area contributed by atoms with E-state index in [0.29, 0.717) is 5.82 Å². The van der Waals surface area contributed by atoms with Crippen molar-refractivity contribution >= 4 is 11.5 Å². The molecule has 112 valence electrons. The molecule has 0 radical (unpaired) electrons. The van der Waals surface area contributed by atoms with Gasteiger partial charge < -0.3 is 5.32 Å². The van der Waals surface area contributed by atoms with Crippen LogP contribution in [0.25, 0.3) is 0 Å². The molecule has 0 spiro atoms. The highest BCUT2D eigenvalue weighted by Gasteiger charge is 2.33. The summed E-state index contributed by atoms with van der Waals surface area (Å²) in [6, 6.07) is 8.92. The van der Waals surface area contributed by atoms with Crippen LogP contribution < -0.4 is 5.32 Å². The van der Waals surface area contributed by atoms with Gasteiger partial charge in [0.15, 0.2) is 0 Å². The van der Waals surface area contributed by atoms with E-state index in [9.17, 15) is 13.2 Å². The summed E-state index contributed by atoms with van der Waals surface area (Å²) in [6.45, 7) is 6.15. The van der Waals surface area contributed by atoms with Gasteiger partial charge >= 0.3 is 6.18 Å². The molecule has 0 unspecified atom stereocenters. The van der Waals surface area contributed by atoms with Gasteiger partial charge in [0, 0.05) is 6.20 Å². The lowest BCUT2D eigenvalue weighted by Crippen LogP contribution is -2.12. The van der Waals surface area contributed by atoms with Crippen molar-refractivity contribution in [3.05, 3.63) is 53.7 Å². The minimum Gasteiger partial charge on any atom is -0.340 e. The molecule has 1 heterocycles. The number of hydrogen-bond donors (Lipinski definition) is 1. The fourth-order valence-corrected chi connectivity index (χ4v) is 1.89. The molecular weight excluding hydrogens is 277 g/mol. The van der Waals surface area contributed by atoms with Crippen molar-refractivity contribution in [2.24, 2.45) is 0 Å². The zero-order valence-corrected chi connectivity index (χ0v) is 12.1. The second kappa shape index (κ2) is 5.39. The molecule has 0 aliphatic rings. The average Bonchev–Trinajstić information content (AvgIpc) is 2.37. The Morgan fingerprint density at radius 3 is 2.14 bits per heavy atom. The van der Waals surface area contributed by atoms with Crippen LogP contribution in [0.1, 0.15) is 31.9 Å². The molecule has 5 heteroatoms. The van der Waals surface area contributed by atoms with Gasteiger partial charge in [-0.15, -0.1) is 0 Å². The van der Waals surface area contributed by atoms with Gasteiger partial charge in [0.2, 0.25) is 0 Å². The molecule has 0 saturated heterocycles. The molecule has 0 atom stereocenters. The lowest BCUT2D eigenvalue weighted by atomic mass is 9.88. The maximum absolute atomic E-state index is 12.9. The summed E-state index contributed by atoms with van der Waals surface area (Å²) < 4.78 is 38.7. The van der Waals surface area contributed by atoms with Crippen LogP contribution in [0.5, 0.6) is 0 Å². The van der Waals surface area contributed by atoms with Crippen LogP contribution in [-0.2, 0) is 11.6 Å². The Kier molecular flexibility index (Phi) is 3.94. The van der Waals surface area contributed by atoms with E-state index in [-0.39, 0.29) is 11.1 Å². The van der Waals surface area contributed by atoms with E-state index >= 15 is 0 Å². The van der Waals surface area contributed by atoms with Crippen LogP contribution >= 0.6 is 0 Å². The fourth-order valence-electron chi connectivity index (χ4n) is 1.89. The molecule has 0 fully saturated rings. The van der Waals surface area contributed by atoms with E-state index in [2.05, 4.69) is 31.1 Å². The topological polar surface area (TPSA) is 24.9 Å². The first-order chi connectivity index (χ1) is 9.68. The molecule has 0 saturated carbocycles. The van der Waals surface area contributed by atoms with Crippen LogP contribution in [0.15, 0.2) is 42.6 Å². The van der Waals surface area contributed by atoms with Gasteiger partial charge in [-0.05, 0) is 29.2 Å². The Labute approximate surface area is 122 Å². The van der Waals surface area contributed by atoms with E-state index in [4.69, 9.17) is 0 Å². The molecular formula is C16H17F3N2. The number of rotatable bonds is 2. The number of para-hydroxylation sites is 1. The second-order valence-electron chi connectivity index (χ2n) is 5.85. The predicted molar refractivity (Wildman–Crippen MR) is 77.7 cm³/mol. The van der Waals surface area contributed by atoms with Gasteiger partial charge in [0.1, 0.15) is 5.82 Å². The highest BCUT2D eigenvalue weighted by atomic mass is 19.4. The quantitative estimate of drug-likeness (QED) is 0.829. The van der Waals surface area contributed by atoms with Crippen molar-refractivity contribution in [1.29, 1.82) is 0 Å². The highest BCUT2D eigenvalue weighted by Crippen LogP contribution is 2.35. The molecule has 0 amide bonds. The maximum atomic E-state index is 12.9. The summed E-state index contributed by atoms with van der Waals surface area (Å²) in [5, 5.41) is 2.73. The predicted octanol–water partition coefficient (Wildman–Crippen LogP) is 5.14. The Morgan fingerprint density at radius 1 is 0.952 bits per heavy atom. The van der Waals surface area contributed by atoms with Crippen molar-refractivity contribution in [3.8, 4) is 0 Å². The molecule has 0 aliphatic carbocycles. The monoisotopic (exact) mass is 294 g/mol. The number of nitrogens with one attached hydrogen (secondary N) is 1. The van der Waals surface area contributed by atoms with Crippen molar-refractivity contribution in [2.75, 3.05) is 5.32 Å². The first-order valence-corrected chi connectivity index (χ1v) is 6.58. The molecule has 0 bridgehead atoms. The van der Waals surface area contributed by atoms with Crippen LogP contribution in [0, 0.1) is 0 Å². The van der Waals surface area contributed by atoms with Crippen molar-refractivity contribution < 1.29 is 13.2 Å². The zero-order valence-electron chi connectivity index (χ0n) is 12.1. The van der Waals surface area contributed by atoms with Gasteiger partial charge in [-0.3, -0.25) is 0 Å². The fraction of sp³-hybridized carbons (Fsp3) is 0.312. The number of alkyl halides is 3. The number of benzene rings is 1. The third kappa shape index (κ3) is 3.74. The Hall–Kier alpha value is -2.04. The summed E-state index contributed by atoms with van der Waals surface area (Å²) in [7, 11) is 0. The van der Waals surface area contributed by atoms with E-state index in [1.165, 1.54) is 12.1 Å².